The molecule has 2 saturated heterocycles. The van der Waals surface area contributed by atoms with E-state index in [1.165, 1.54) is 24.3 Å². The Labute approximate surface area is 276 Å². The lowest BCUT2D eigenvalue weighted by Crippen LogP contribution is -2.49. The van der Waals surface area contributed by atoms with E-state index in [0.717, 1.165) is 54.6 Å². The summed E-state index contributed by atoms with van der Waals surface area (Å²) in [6, 6.07) is 13.1. The average molecular weight is 733 g/mol. The van der Waals surface area contributed by atoms with Crippen molar-refractivity contribution in [3.05, 3.63) is 63.7 Å². The van der Waals surface area contributed by atoms with E-state index in [2.05, 4.69) is 43.4 Å². The van der Waals surface area contributed by atoms with E-state index in [9.17, 15) is 18.4 Å². The van der Waals surface area contributed by atoms with Crippen molar-refractivity contribution in [1.82, 2.24) is 16.0 Å². The van der Waals surface area contributed by atoms with Gasteiger partial charge in [-0.25, -0.2) is 18.4 Å². The Kier molecular flexibility index (Phi) is 17.0. The second-order valence-corrected chi connectivity index (χ2v) is 13.8. The van der Waals surface area contributed by atoms with Gasteiger partial charge in [-0.3, -0.25) is 0 Å². The highest BCUT2D eigenvalue weighted by molar-refractivity contribution is 14.1. The number of amides is 2. The summed E-state index contributed by atoms with van der Waals surface area (Å²) in [5, 5.41) is 8.99. The summed E-state index contributed by atoms with van der Waals surface area (Å²) in [6.45, 7) is 14.7. The van der Waals surface area contributed by atoms with Crippen LogP contribution in [0.1, 0.15) is 74.7 Å². The van der Waals surface area contributed by atoms with Gasteiger partial charge in [-0.1, -0.05) is 7.43 Å². The van der Waals surface area contributed by atoms with Crippen LogP contribution in [0.3, 0.4) is 0 Å². The highest BCUT2D eigenvalue weighted by atomic mass is 127. The zero-order valence-corrected chi connectivity index (χ0v) is 28.3. The van der Waals surface area contributed by atoms with Gasteiger partial charge in [0.15, 0.2) is 0 Å². The number of carbonyl (C=O) groups excluding carboxylic acids is 2. The van der Waals surface area contributed by atoms with E-state index in [1.807, 2.05) is 41.5 Å². The summed E-state index contributed by atoms with van der Waals surface area (Å²) in [6.07, 6.45) is 3.36. The van der Waals surface area contributed by atoms with Gasteiger partial charge in [0.25, 0.3) is 0 Å². The Bertz CT molecular complexity index is 1100. The molecule has 44 heavy (non-hydrogen) atoms. The lowest BCUT2D eigenvalue weighted by Gasteiger charge is -2.35. The first-order chi connectivity index (χ1) is 20.1. The van der Waals surface area contributed by atoms with Gasteiger partial charge in [-0.2, -0.15) is 0 Å². The van der Waals surface area contributed by atoms with E-state index in [0.29, 0.717) is 6.54 Å². The molecule has 2 aromatic carbocycles. The number of carbonyl (C=O) groups is 2. The molecule has 0 spiro atoms. The molecule has 8 nitrogen and oxygen atoms in total. The molecule has 0 aromatic heterocycles. The molecule has 2 aliphatic rings. The zero-order valence-electron chi connectivity index (χ0n) is 26.1. The maximum absolute atomic E-state index is 13.0. The van der Waals surface area contributed by atoms with Crippen molar-refractivity contribution in [2.24, 2.45) is 0 Å². The molecule has 0 bridgehead atoms. The highest BCUT2D eigenvalue weighted by Gasteiger charge is 2.24. The van der Waals surface area contributed by atoms with Crippen molar-refractivity contribution in [2.75, 3.05) is 31.1 Å². The van der Waals surface area contributed by atoms with Crippen LogP contribution in [0.4, 0.5) is 24.1 Å². The molecule has 2 heterocycles. The number of alkyl carbamates (subject to hydrolysis) is 2. The Morgan fingerprint density at radius 3 is 1.75 bits per heavy atom. The quantitative estimate of drug-likeness (QED) is 0.281. The summed E-state index contributed by atoms with van der Waals surface area (Å²) >= 11 is 2.13. The van der Waals surface area contributed by atoms with Crippen LogP contribution in [-0.4, -0.2) is 61.7 Å². The van der Waals surface area contributed by atoms with E-state index in [4.69, 9.17) is 9.47 Å². The van der Waals surface area contributed by atoms with Crippen LogP contribution in [0.15, 0.2) is 48.5 Å². The number of nitrogens with zero attached hydrogens (tertiary/aromatic N) is 1. The fourth-order valence-electron chi connectivity index (χ4n) is 4.33. The van der Waals surface area contributed by atoms with Gasteiger partial charge >= 0.3 is 12.2 Å². The summed E-state index contributed by atoms with van der Waals surface area (Å²) < 4.78 is 36.6. The number of nitrogens with one attached hydrogen (secondary N) is 3. The monoisotopic (exact) mass is 732 g/mol. The van der Waals surface area contributed by atoms with Gasteiger partial charge in [0.2, 0.25) is 0 Å². The summed E-state index contributed by atoms with van der Waals surface area (Å²) in [5.41, 5.74) is 0.0776. The van der Waals surface area contributed by atoms with Gasteiger partial charge in [0.1, 0.15) is 22.8 Å². The minimum Gasteiger partial charge on any atom is -0.444 e. The van der Waals surface area contributed by atoms with Crippen LogP contribution in [0, 0.1) is 15.2 Å². The predicted molar refractivity (Wildman–Crippen MR) is 182 cm³/mol. The lowest BCUT2D eigenvalue weighted by atomic mass is 10.1. The average Bonchev–Trinajstić information content (AvgIpc) is 2.90. The largest absolute Gasteiger partial charge is 0.444 e. The number of anilines is 1. The van der Waals surface area contributed by atoms with Crippen molar-refractivity contribution in [3.8, 4) is 0 Å². The van der Waals surface area contributed by atoms with E-state index < -0.39 is 11.2 Å². The van der Waals surface area contributed by atoms with Gasteiger partial charge in [0.05, 0.1) is 0 Å². The van der Waals surface area contributed by atoms with Crippen LogP contribution < -0.4 is 20.9 Å². The number of halogens is 3. The fourth-order valence-corrected chi connectivity index (χ4v) is 4.69. The third-order valence-corrected chi connectivity index (χ3v) is 6.87. The molecule has 2 aliphatic heterocycles. The van der Waals surface area contributed by atoms with Crippen molar-refractivity contribution >= 4 is 40.5 Å². The zero-order chi connectivity index (χ0) is 32.0. The lowest BCUT2D eigenvalue weighted by molar-refractivity contribution is 0.0486. The first-order valence-electron chi connectivity index (χ1n) is 14.7. The van der Waals surface area contributed by atoms with Crippen molar-refractivity contribution in [1.29, 1.82) is 0 Å². The second kappa shape index (κ2) is 19.0. The van der Waals surface area contributed by atoms with Gasteiger partial charge < -0.3 is 30.3 Å². The number of rotatable bonds is 3. The molecule has 2 atom stereocenters. The minimum atomic E-state index is -0.491. The van der Waals surface area contributed by atoms with Crippen LogP contribution in [0.5, 0.6) is 0 Å². The number of piperidine rings is 2. The number of benzene rings is 2. The molecule has 3 N–H and O–H groups in total. The van der Waals surface area contributed by atoms with Crippen LogP contribution in [0.2, 0.25) is 0 Å². The number of hydrogen-bond acceptors (Lipinski definition) is 6. The molecular formula is C33H51F2IN4O4. The number of ether oxygens (including phenoxy) is 2. The summed E-state index contributed by atoms with van der Waals surface area (Å²) in [5.74, 6) is -0.412. The summed E-state index contributed by atoms with van der Waals surface area (Å²) in [4.78, 5) is 25.3. The molecule has 2 fully saturated rings. The Morgan fingerprint density at radius 2 is 1.30 bits per heavy atom. The maximum Gasteiger partial charge on any atom is 0.407 e. The smallest absolute Gasteiger partial charge is 0.407 e. The molecule has 4 rings (SSSR count). The molecular weight excluding hydrogens is 681 g/mol. The third-order valence-electron chi connectivity index (χ3n) is 6.16. The normalized spacial score (nSPS) is 18.2. The van der Waals surface area contributed by atoms with Gasteiger partial charge in [-0.05, 0) is 145 Å². The Hall–Kier alpha value is -2.67. The molecule has 0 radical (unpaired) electrons. The molecule has 11 heteroatoms. The van der Waals surface area contributed by atoms with Gasteiger partial charge in [0, 0.05) is 41.0 Å². The molecule has 0 saturated carbocycles. The molecule has 2 aromatic rings. The Morgan fingerprint density at radius 1 is 0.818 bits per heavy atom. The highest BCUT2D eigenvalue weighted by Crippen LogP contribution is 2.20. The molecule has 0 aliphatic carbocycles. The topological polar surface area (TPSA) is 91.9 Å². The van der Waals surface area contributed by atoms with Crippen LogP contribution in [0.25, 0.3) is 0 Å². The first kappa shape index (κ1) is 39.4. The van der Waals surface area contributed by atoms with Crippen molar-refractivity contribution in [2.45, 2.75) is 97.9 Å². The van der Waals surface area contributed by atoms with Crippen molar-refractivity contribution < 1.29 is 27.8 Å². The minimum absolute atomic E-state index is 0. The predicted octanol–water partition coefficient (Wildman–Crippen LogP) is 7.65. The fraction of sp³-hybridized carbons (Fsp3) is 0.576. The molecule has 248 valence electrons. The van der Waals surface area contributed by atoms with Crippen LogP contribution in [-0.2, 0) is 9.47 Å². The molecule has 2 unspecified atom stereocenters. The van der Waals surface area contributed by atoms with E-state index in [-0.39, 0.29) is 43.3 Å². The first-order valence-corrected chi connectivity index (χ1v) is 15.8. The van der Waals surface area contributed by atoms with Crippen LogP contribution >= 0.6 is 22.6 Å². The van der Waals surface area contributed by atoms with E-state index in [1.54, 1.807) is 24.3 Å². The third kappa shape index (κ3) is 17.6. The SMILES string of the molecule is C.CC(C)(C)OC(=O)NC1CCCN(c2ccc(F)cc2)C1.CC(C)(C)OC(=O)NC1CCCNC1.Fc1ccc(I)cc1. The maximum atomic E-state index is 13.0. The Balaban J connectivity index is 0.000000362. The van der Waals surface area contributed by atoms with E-state index >= 15 is 0 Å². The standard InChI is InChI=1S/C16H23FN2O2.C10H20N2O2.C6H4FI.CH4/c1-16(2,3)21-15(20)18-13-5-4-10-19(11-13)14-8-6-12(17)7-9-14;1-10(2,3)14-9(13)12-8-5-4-6-11-7-8;7-5-1-3-6(8)4-2-5;/h6-9,13H,4-5,10-11H2,1-3H3,(H,18,20);8,11H,4-7H2,1-3H3,(H,12,13);1-4H;1H4. The molecule has 2 amide bonds. The van der Waals surface area contributed by atoms with Gasteiger partial charge in [-0.15, -0.1) is 0 Å². The second-order valence-electron chi connectivity index (χ2n) is 12.5. The summed E-state index contributed by atoms with van der Waals surface area (Å²) in [7, 11) is 0. The number of hydrogen-bond donors (Lipinski definition) is 3. The van der Waals surface area contributed by atoms with Crippen molar-refractivity contribution in [3.63, 3.8) is 0 Å².